The van der Waals surface area contributed by atoms with E-state index in [0.29, 0.717) is 19.3 Å². The number of likely N-dealkylation sites (N-methyl/N-ethyl adjacent to an activating group) is 3. The Labute approximate surface area is 408 Å². The van der Waals surface area contributed by atoms with E-state index in [1.165, 1.54) is 25.9 Å². The van der Waals surface area contributed by atoms with Crippen LogP contribution in [0.1, 0.15) is 121 Å². The van der Waals surface area contributed by atoms with Crippen LogP contribution < -0.4 is 16.0 Å². The number of nitrogens with one attached hydrogen (secondary N) is 3. The van der Waals surface area contributed by atoms with Crippen molar-refractivity contribution < 1.29 is 52.6 Å². The van der Waals surface area contributed by atoms with E-state index < -0.39 is 98.8 Å². The van der Waals surface area contributed by atoms with Crippen molar-refractivity contribution in [1.29, 1.82) is 0 Å². The standard InChI is InChI=1S/C51H87N5O11Si/c1-19-31(4)42(48(61)62)54-41(57)30-55(15)47(60)39(29-38-25-23-22-24-26-38)56(16)46(59)36(9)53-45(58)44(33(6)21-3)66-49(63)34(7)27-28-40(67-68(17,18)51(11,12)13)35(8)43(32(5)20-2)65-50(64)37(10)52-14/h22-27,31-33,35-37,39-40,42-44,52H,19-21,28-30H2,1-18H3,(H,53,58)(H,54,57)(H,61,62)/b34-27+/t31-,32-,33-,35-,36-,37-,39+,40-,42-,43+,44+/m0/s1. The monoisotopic (exact) mass is 974 g/mol. The van der Waals surface area contributed by atoms with E-state index in [1.54, 1.807) is 65.1 Å². The minimum absolute atomic E-state index is 0.0201. The summed E-state index contributed by atoms with van der Waals surface area (Å²) in [6.07, 6.45) is 1.72. The van der Waals surface area contributed by atoms with Crippen molar-refractivity contribution in [3.63, 3.8) is 0 Å². The Bertz CT molecular complexity index is 1850. The third-order valence-electron chi connectivity index (χ3n) is 13.9. The summed E-state index contributed by atoms with van der Waals surface area (Å²) in [5.41, 5.74) is 0.991. The van der Waals surface area contributed by atoms with Gasteiger partial charge in [0, 0.05) is 37.9 Å². The molecule has 0 aliphatic heterocycles. The average Bonchev–Trinajstić information content (AvgIpc) is 3.29. The van der Waals surface area contributed by atoms with Gasteiger partial charge in [0.05, 0.1) is 12.6 Å². The van der Waals surface area contributed by atoms with Crippen LogP contribution in [0.4, 0.5) is 0 Å². The molecule has 4 amide bonds. The molecule has 16 nitrogen and oxygen atoms in total. The molecular weight excluding hydrogens is 887 g/mol. The third-order valence-corrected chi connectivity index (χ3v) is 18.4. The van der Waals surface area contributed by atoms with E-state index in [-0.39, 0.29) is 40.8 Å². The van der Waals surface area contributed by atoms with Crippen molar-refractivity contribution in [3.8, 4) is 0 Å². The number of rotatable bonds is 28. The lowest BCUT2D eigenvalue weighted by atomic mass is 9.86. The molecule has 1 aromatic carbocycles. The molecule has 0 fully saturated rings. The number of carbonyl (C=O) groups excluding carboxylic acids is 6. The smallest absolute Gasteiger partial charge is 0.334 e. The molecule has 0 aliphatic carbocycles. The van der Waals surface area contributed by atoms with Crippen molar-refractivity contribution in [1.82, 2.24) is 25.8 Å². The molecule has 17 heteroatoms. The first-order chi connectivity index (χ1) is 31.5. The molecule has 0 spiro atoms. The van der Waals surface area contributed by atoms with Gasteiger partial charge in [0.25, 0.3) is 5.91 Å². The number of carboxylic acids is 1. The number of benzene rings is 1. The number of esters is 2. The maximum atomic E-state index is 14.1. The lowest BCUT2D eigenvalue weighted by Gasteiger charge is -2.43. The van der Waals surface area contributed by atoms with Crippen molar-refractivity contribution in [2.24, 2.45) is 23.7 Å². The van der Waals surface area contributed by atoms with Crippen LogP contribution in [0, 0.1) is 23.7 Å². The topological polar surface area (TPSA) is 210 Å². The minimum atomic E-state index is -2.38. The number of hydrogen-bond acceptors (Lipinski definition) is 11. The highest BCUT2D eigenvalue weighted by molar-refractivity contribution is 6.74. The molecule has 0 aliphatic rings. The number of carbonyl (C=O) groups is 7. The predicted octanol–water partition coefficient (Wildman–Crippen LogP) is 6.52. The molecule has 1 aromatic rings. The van der Waals surface area contributed by atoms with Gasteiger partial charge >= 0.3 is 17.9 Å². The lowest BCUT2D eigenvalue weighted by molar-refractivity contribution is -0.159. The Morgan fingerprint density at radius 1 is 0.794 bits per heavy atom. The fraction of sp³-hybridized carbons (Fsp3) is 0.706. The summed E-state index contributed by atoms with van der Waals surface area (Å²) >= 11 is 0. The van der Waals surface area contributed by atoms with Crippen molar-refractivity contribution in [2.45, 2.75) is 183 Å². The first-order valence-corrected chi connectivity index (χ1v) is 27.2. The van der Waals surface area contributed by atoms with E-state index in [2.05, 4.69) is 49.8 Å². The normalized spacial score (nSPS) is 17.1. The largest absolute Gasteiger partial charge is 0.480 e. The zero-order valence-electron chi connectivity index (χ0n) is 44.5. The fourth-order valence-corrected chi connectivity index (χ4v) is 8.61. The number of aliphatic carboxylic acids is 1. The van der Waals surface area contributed by atoms with Gasteiger partial charge in [-0.15, -0.1) is 0 Å². The predicted molar refractivity (Wildman–Crippen MR) is 268 cm³/mol. The second kappa shape index (κ2) is 28.1. The molecule has 386 valence electrons. The Kier molecular flexibility index (Phi) is 25.4. The average molecular weight is 974 g/mol. The molecule has 11 atom stereocenters. The summed E-state index contributed by atoms with van der Waals surface area (Å²) in [6, 6.07) is 5.09. The van der Waals surface area contributed by atoms with Crippen LogP contribution in [-0.4, -0.2) is 135 Å². The molecule has 1 rings (SSSR count). The van der Waals surface area contributed by atoms with Crippen LogP contribution in [0.3, 0.4) is 0 Å². The van der Waals surface area contributed by atoms with Gasteiger partial charge < -0.3 is 44.8 Å². The Hall–Kier alpha value is -4.61. The van der Waals surface area contributed by atoms with Crippen molar-refractivity contribution >= 4 is 49.9 Å². The second-order valence-corrected chi connectivity index (χ2v) is 25.0. The molecule has 0 aromatic heterocycles. The van der Waals surface area contributed by atoms with Crippen LogP contribution in [0.2, 0.25) is 18.1 Å². The minimum Gasteiger partial charge on any atom is -0.480 e. The summed E-state index contributed by atoms with van der Waals surface area (Å²) in [5.74, 6) is -5.83. The highest BCUT2D eigenvalue weighted by Gasteiger charge is 2.43. The molecule has 0 heterocycles. The zero-order chi connectivity index (χ0) is 52.4. The van der Waals surface area contributed by atoms with E-state index >= 15 is 0 Å². The summed E-state index contributed by atoms with van der Waals surface area (Å²) in [5, 5.41) is 17.7. The van der Waals surface area contributed by atoms with E-state index in [1.807, 2.05) is 40.7 Å². The number of hydrogen-bond donors (Lipinski definition) is 4. The molecule has 0 saturated heterocycles. The van der Waals surface area contributed by atoms with Gasteiger partial charge in [-0.05, 0) is 76.2 Å². The van der Waals surface area contributed by atoms with E-state index in [4.69, 9.17) is 13.9 Å². The highest BCUT2D eigenvalue weighted by atomic mass is 28.4. The number of ether oxygens (including phenoxy) is 2. The number of nitrogens with zero attached hydrogens (tertiary/aromatic N) is 2. The highest BCUT2D eigenvalue weighted by Crippen LogP contribution is 2.40. The first kappa shape index (κ1) is 61.4. The maximum Gasteiger partial charge on any atom is 0.334 e. The van der Waals surface area contributed by atoms with Gasteiger partial charge in [0.2, 0.25) is 17.7 Å². The van der Waals surface area contributed by atoms with Crippen molar-refractivity contribution in [2.75, 3.05) is 27.7 Å². The number of carboxylic acid groups (broad SMARTS) is 1. The van der Waals surface area contributed by atoms with Crippen LogP contribution in [-0.2, 0) is 53.9 Å². The molecule has 4 N–H and O–H groups in total. The summed E-state index contributed by atoms with van der Waals surface area (Å²) in [7, 11) is 2.16. The molecule has 0 bridgehead atoms. The van der Waals surface area contributed by atoms with Gasteiger partial charge in [-0.25, -0.2) is 9.59 Å². The summed E-state index contributed by atoms with van der Waals surface area (Å²) in [4.78, 5) is 96.3. The van der Waals surface area contributed by atoms with E-state index in [0.717, 1.165) is 16.9 Å². The van der Waals surface area contributed by atoms with Gasteiger partial charge in [0.15, 0.2) is 14.4 Å². The zero-order valence-corrected chi connectivity index (χ0v) is 45.5. The molecule has 0 unspecified atom stereocenters. The quantitative estimate of drug-likeness (QED) is 0.0402. The van der Waals surface area contributed by atoms with Gasteiger partial charge in [0.1, 0.15) is 30.3 Å². The third kappa shape index (κ3) is 18.4. The summed E-state index contributed by atoms with van der Waals surface area (Å²) < 4.78 is 19.1. The molecule has 0 radical (unpaired) electrons. The maximum absolute atomic E-state index is 14.1. The van der Waals surface area contributed by atoms with E-state index in [9.17, 15) is 38.7 Å². The fourth-order valence-electron chi connectivity index (χ4n) is 7.19. The molecule has 68 heavy (non-hydrogen) atoms. The number of amides is 4. The summed E-state index contributed by atoms with van der Waals surface area (Å²) in [6.45, 7) is 28.4. The Balaban J connectivity index is 3.42. The van der Waals surface area contributed by atoms with Gasteiger partial charge in [-0.1, -0.05) is 118 Å². The van der Waals surface area contributed by atoms with Gasteiger partial charge in [-0.2, -0.15) is 0 Å². The first-order valence-electron chi connectivity index (χ1n) is 24.3. The van der Waals surface area contributed by atoms with Crippen molar-refractivity contribution in [3.05, 3.63) is 47.5 Å². The molecular formula is C51H87N5O11Si. The van der Waals surface area contributed by atoms with Crippen LogP contribution >= 0.6 is 0 Å². The van der Waals surface area contributed by atoms with Crippen LogP contribution in [0.5, 0.6) is 0 Å². The lowest BCUT2D eigenvalue weighted by Crippen LogP contribution is -2.57. The molecule has 0 saturated carbocycles. The SMILES string of the molecule is CC[C@H](C)[C@@H](OC(=O)[C@H](C)NC)[C@@H](C)[C@H](C/C=C(\C)C(=O)O[C@@H](C(=O)N[C@@H](C)C(=O)N(C)[C@H](Cc1ccccc1)C(=O)N(C)CC(=O)N[C@H](C(=O)O)[C@@H](C)CC)[C@@H](C)CC)O[Si](C)(C)C(C)(C)C. The Morgan fingerprint density at radius 2 is 1.35 bits per heavy atom. The second-order valence-electron chi connectivity index (χ2n) is 20.3. The van der Waals surface area contributed by atoms with Gasteiger partial charge in [-0.3, -0.25) is 24.0 Å². The van der Waals surface area contributed by atoms with Crippen LogP contribution in [0.25, 0.3) is 0 Å². The Morgan fingerprint density at radius 3 is 1.85 bits per heavy atom. The van der Waals surface area contributed by atoms with Crippen LogP contribution in [0.15, 0.2) is 42.0 Å².